The van der Waals surface area contributed by atoms with E-state index >= 15 is 0 Å². The Bertz CT molecular complexity index is 524. The van der Waals surface area contributed by atoms with E-state index in [2.05, 4.69) is 10.4 Å². The topological polar surface area (TPSA) is 84.2 Å². The van der Waals surface area contributed by atoms with E-state index in [4.69, 9.17) is 0 Å². The zero-order chi connectivity index (χ0) is 15.4. The second kappa shape index (κ2) is 6.74. The van der Waals surface area contributed by atoms with Crippen LogP contribution in [0.4, 0.5) is 0 Å². The van der Waals surface area contributed by atoms with Gasteiger partial charge >= 0.3 is 5.97 Å². The number of hydrogen-bond donors (Lipinski definition) is 2. The van der Waals surface area contributed by atoms with Crippen molar-refractivity contribution >= 4 is 11.9 Å². The highest BCUT2D eigenvalue weighted by atomic mass is 16.4. The summed E-state index contributed by atoms with van der Waals surface area (Å²) in [7, 11) is 0. The van der Waals surface area contributed by atoms with Crippen LogP contribution in [0, 0.1) is 25.7 Å². The van der Waals surface area contributed by atoms with Crippen molar-refractivity contribution in [3.63, 3.8) is 0 Å². The molecule has 0 aliphatic heterocycles. The molecule has 0 spiro atoms. The Morgan fingerprint density at radius 2 is 2.00 bits per heavy atom. The number of aliphatic carboxylic acids is 1. The van der Waals surface area contributed by atoms with Gasteiger partial charge in [0, 0.05) is 12.2 Å². The predicted molar refractivity (Wildman–Crippen MR) is 77.8 cm³/mol. The van der Waals surface area contributed by atoms with Gasteiger partial charge in [0.05, 0.1) is 24.1 Å². The lowest BCUT2D eigenvalue weighted by molar-refractivity contribution is -0.148. The van der Waals surface area contributed by atoms with E-state index in [1.165, 1.54) is 0 Å². The van der Waals surface area contributed by atoms with Crippen LogP contribution in [0.25, 0.3) is 0 Å². The zero-order valence-electron chi connectivity index (χ0n) is 12.6. The molecule has 1 aromatic heterocycles. The molecule has 0 bridgehead atoms. The lowest BCUT2D eigenvalue weighted by Gasteiger charge is -2.27. The molecule has 6 heteroatoms. The van der Waals surface area contributed by atoms with Crippen LogP contribution in [0.5, 0.6) is 0 Å². The van der Waals surface area contributed by atoms with Gasteiger partial charge in [-0.2, -0.15) is 5.10 Å². The molecule has 2 atom stereocenters. The van der Waals surface area contributed by atoms with E-state index < -0.39 is 17.8 Å². The molecular weight excluding hydrogens is 270 g/mol. The number of hydrogen-bond acceptors (Lipinski definition) is 3. The SMILES string of the molecule is Cc1cc(C)n(CCNC(=O)C2CCCCC2C(=O)O)n1. The van der Waals surface area contributed by atoms with E-state index in [1.807, 2.05) is 24.6 Å². The van der Waals surface area contributed by atoms with Gasteiger partial charge in [0.1, 0.15) is 0 Å². The van der Waals surface area contributed by atoms with Gasteiger partial charge in [0.25, 0.3) is 0 Å². The minimum absolute atomic E-state index is 0.136. The fraction of sp³-hybridized carbons (Fsp3) is 0.667. The number of nitrogens with one attached hydrogen (secondary N) is 1. The number of carboxylic acids is 1. The first-order valence-electron chi connectivity index (χ1n) is 7.50. The summed E-state index contributed by atoms with van der Waals surface area (Å²) < 4.78 is 1.85. The molecule has 1 saturated carbocycles. The molecule has 116 valence electrons. The van der Waals surface area contributed by atoms with Crippen LogP contribution in [0.15, 0.2) is 6.07 Å². The summed E-state index contributed by atoms with van der Waals surface area (Å²) in [5.41, 5.74) is 2.01. The van der Waals surface area contributed by atoms with Crippen molar-refractivity contribution < 1.29 is 14.7 Å². The number of rotatable bonds is 5. The summed E-state index contributed by atoms with van der Waals surface area (Å²) in [6.45, 7) is 4.99. The summed E-state index contributed by atoms with van der Waals surface area (Å²) in [6, 6.07) is 1.99. The van der Waals surface area contributed by atoms with E-state index in [9.17, 15) is 14.7 Å². The fourth-order valence-corrected chi connectivity index (χ4v) is 3.06. The number of carbonyl (C=O) groups excluding carboxylic acids is 1. The van der Waals surface area contributed by atoms with E-state index in [0.717, 1.165) is 24.2 Å². The van der Waals surface area contributed by atoms with Crippen molar-refractivity contribution in [1.82, 2.24) is 15.1 Å². The van der Waals surface area contributed by atoms with Crippen molar-refractivity contribution in [3.05, 3.63) is 17.5 Å². The van der Waals surface area contributed by atoms with Crippen LogP contribution in [0.1, 0.15) is 37.1 Å². The highest BCUT2D eigenvalue weighted by molar-refractivity contribution is 5.84. The van der Waals surface area contributed by atoms with Gasteiger partial charge in [-0.05, 0) is 32.8 Å². The summed E-state index contributed by atoms with van der Waals surface area (Å²) in [6.07, 6.45) is 3.10. The number of carbonyl (C=O) groups is 2. The highest BCUT2D eigenvalue weighted by Gasteiger charge is 2.35. The molecule has 1 aromatic rings. The Labute approximate surface area is 124 Å². The number of carboxylic acid groups (broad SMARTS) is 1. The average molecular weight is 293 g/mol. The third-order valence-corrected chi connectivity index (χ3v) is 4.15. The number of aromatic nitrogens is 2. The van der Waals surface area contributed by atoms with Crippen LogP contribution >= 0.6 is 0 Å². The third kappa shape index (κ3) is 3.83. The van der Waals surface area contributed by atoms with Gasteiger partial charge in [0.15, 0.2) is 0 Å². The molecule has 6 nitrogen and oxygen atoms in total. The minimum Gasteiger partial charge on any atom is -0.481 e. The standard InChI is InChI=1S/C15H23N3O3/c1-10-9-11(2)18(17-10)8-7-16-14(19)12-5-3-4-6-13(12)15(20)21/h9,12-13H,3-8H2,1-2H3,(H,16,19)(H,20,21). The number of aryl methyl sites for hydroxylation is 2. The van der Waals surface area contributed by atoms with Gasteiger partial charge in [-0.15, -0.1) is 0 Å². The molecule has 2 rings (SSSR count). The second-order valence-corrected chi connectivity index (χ2v) is 5.78. The van der Waals surface area contributed by atoms with Gasteiger partial charge in [-0.25, -0.2) is 0 Å². The van der Waals surface area contributed by atoms with E-state index in [0.29, 0.717) is 25.9 Å². The van der Waals surface area contributed by atoms with Gasteiger partial charge < -0.3 is 10.4 Å². The zero-order valence-corrected chi connectivity index (χ0v) is 12.6. The first kappa shape index (κ1) is 15.5. The van der Waals surface area contributed by atoms with Crippen LogP contribution in [-0.2, 0) is 16.1 Å². The summed E-state index contributed by atoms with van der Waals surface area (Å²) in [4.78, 5) is 23.4. The van der Waals surface area contributed by atoms with Crippen molar-refractivity contribution in [1.29, 1.82) is 0 Å². The Balaban J connectivity index is 1.86. The molecule has 1 aliphatic rings. The number of nitrogens with zero attached hydrogens (tertiary/aromatic N) is 2. The molecule has 21 heavy (non-hydrogen) atoms. The van der Waals surface area contributed by atoms with Crippen molar-refractivity contribution in [3.8, 4) is 0 Å². The van der Waals surface area contributed by atoms with Crippen molar-refractivity contribution in [2.24, 2.45) is 11.8 Å². The Kier molecular flexibility index (Phi) is 4.98. The smallest absolute Gasteiger partial charge is 0.307 e. The molecule has 2 N–H and O–H groups in total. The molecule has 2 unspecified atom stereocenters. The predicted octanol–water partition coefficient (Wildman–Crippen LogP) is 1.51. The van der Waals surface area contributed by atoms with Gasteiger partial charge in [-0.3, -0.25) is 14.3 Å². The average Bonchev–Trinajstić information content (AvgIpc) is 2.77. The van der Waals surface area contributed by atoms with Gasteiger partial charge in [-0.1, -0.05) is 12.8 Å². The lowest BCUT2D eigenvalue weighted by atomic mass is 9.79. The summed E-state index contributed by atoms with van der Waals surface area (Å²) in [5, 5.41) is 16.4. The Morgan fingerprint density at radius 1 is 1.33 bits per heavy atom. The minimum atomic E-state index is -0.853. The van der Waals surface area contributed by atoms with E-state index in [1.54, 1.807) is 0 Å². The quantitative estimate of drug-likeness (QED) is 0.862. The Hall–Kier alpha value is -1.85. The third-order valence-electron chi connectivity index (χ3n) is 4.15. The fourth-order valence-electron chi connectivity index (χ4n) is 3.06. The molecule has 1 fully saturated rings. The monoisotopic (exact) mass is 293 g/mol. The Morgan fingerprint density at radius 3 is 2.57 bits per heavy atom. The van der Waals surface area contributed by atoms with Gasteiger partial charge in [0.2, 0.25) is 5.91 Å². The molecule has 0 saturated heterocycles. The summed E-state index contributed by atoms with van der Waals surface area (Å²) >= 11 is 0. The summed E-state index contributed by atoms with van der Waals surface area (Å²) in [5.74, 6) is -1.92. The molecular formula is C15H23N3O3. The van der Waals surface area contributed by atoms with Crippen molar-refractivity contribution in [2.45, 2.75) is 46.1 Å². The largest absolute Gasteiger partial charge is 0.481 e. The lowest BCUT2D eigenvalue weighted by Crippen LogP contribution is -2.40. The maximum atomic E-state index is 12.2. The van der Waals surface area contributed by atoms with Crippen LogP contribution in [0.3, 0.4) is 0 Å². The molecule has 0 radical (unpaired) electrons. The second-order valence-electron chi connectivity index (χ2n) is 5.78. The molecule has 1 aliphatic carbocycles. The first-order chi connectivity index (χ1) is 9.99. The maximum absolute atomic E-state index is 12.2. The van der Waals surface area contributed by atoms with E-state index in [-0.39, 0.29) is 5.91 Å². The molecule has 0 aromatic carbocycles. The maximum Gasteiger partial charge on any atom is 0.307 e. The molecule has 1 amide bonds. The first-order valence-corrected chi connectivity index (χ1v) is 7.50. The highest BCUT2D eigenvalue weighted by Crippen LogP contribution is 2.30. The van der Waals surface area contributed by atoms with Crippen LogP contribution in [0.2, 0.25) is 0 Å². The number of amides is 1. The molecule has 1 heterocycles. The normalized spacial score (nSPS) is 22.0. The van der Waals surface area contributed by atoms with Crippen LogP contribution in [-0.4, -0.2) is 33.3 Å². The van der Waals surface area contributed by atoms with Crippen molar-refractivity contribution in [2.75, 3.05) is 6.54 Å². The van der Waals surface area contributed by atoms with Crippen LogP contribution < -0.4 is 5.32 Å².